The first-order chi connectivity index (χ1) is 8.74. The van der Waals surface area contributed by atoms with Gasteiger partial charge in [-0.05, 0) is 50.1 Å². The third-order valence-corrected chi connectivity index (χ3v) is 4.42. The highest BCUT2D eigenvalue weighted by atomic mass is 32.2. The molecule has 3 heteroatoms. The van der Waals surface area contributed by atoms with Crippen molar-refractivity contribution in [3.63, 3.8) is 0 Å². The molecule has 100 valence electrons. The molecule has 1 aromatic carbocycles. The van der Waals surface area contributed by atoms with Crippen LogP contribution in [0.3, 0.4) is 0 Å². The van der Waals surface area contributed by atoms with E-state index in [9.17, 15) is 0 Å². The molecule has 1 N–H and O–H groups in total. The van der Waals surface area contributed by atoms with Crippen molar-refractivity contribution < 1.29 is 4.74 Å². The molecule has 0 amide bonds. The van der Waals surface area contributed by atoms with E-state index in [1.807, 2.05) is 0 Å². The molecule has 1 aliphatic heterocycles. The van der Waals surface area contributed by atoms with Gasteiger partial charge in [0.25, 0.3) is 0 Å². The number of ether oxygens (including phenoxy) is 1. The summed E-state index contributed by atoms with van der Waals surface area (Å²) in [5, 5.41) is 4.37. The Hall–Kier alpha value is -0.670. The van der Waals surface area contributed by atoms with Crippen LogP contribution in [0.5, 0.6) is 5.75 Å². The Bertz CT molecular complexity index is 344. The second kappa shape index (κ2) is 7.05. The molecule has 2 rings (SSSR count). The van der Waals surface area contributed by atoms with Crippen molar-refractivity contribution in [2.24, 2.45) is 0 Å². The SMILES string of the molecule is CC(C)Oc1ccc(CNCC2CCCS2)cc1. The van der Waals surface area contributed by atoms with Gasteiger partial charge in [0.2, 0.25) is 0 Å². The topological polar surface area (TPSA) is 21.3 Å². The van der Waals surface area contributed by atoms with Crippen LogP contribution in [0.2, 0.25) is 0 Å². The highest BCUT2D eigenvalue weighted by Gasteiger charge is 2.14. The zero-order valence-electron chi connectivity index (χ0n) is 11.3. The zero-order valence-corrected chi connectivity index (χ0v) is 12.1. The fourth-order valence-electron chi connectivity index (χ4n) is 2.14. The van der Waals surface area contributed by atoms with Gasteiger partial charge in [-0.3, -0.25) is 0 Å². The lowest BCUT2D eigenvalue weighted by Gasteiger charge is -2.12. The molecular weight excluding hydrogens is 242 g/mol. The minimum atomic E-state index is 0.244. The molecule has 0 spiro atoms. The van der Waals surface area contributed by atoms with Gasteiger partial charge in [-0.25, -0.2) is 0 Å². The third-order valence-electron chi connectivity index (χ3n) is 3.02. The van der Waals surface area contributed by atoms with Crippen molar-refractivity contribution in [1.82, 2.24) is 5.32 Å². The molecule has 0 aromatic heterocycles. The minimum Gasteiger partial charge on any atom is -0.491 e. The molecule has 1 unspecified atom stereocenters. The number of benzene rings is 1. The minimum absolute atomic E-state index is 0.244. The maximum Gasteiger partial charge on any atom is 0.119 e. The van der Waals surface area contributed by atoms with Crippen LogP contribution in [0.1, 0.15) is 32.3 Å². The molecule has 2 nitrogen and oxygen atoms in total. The Morgan fingerprint density at radius 1 is 1.33 bits per heavy atom. The van der Waals surface area contributed by atoms with Gasteiger partial charge in [-0.1, -0.05) is 12.1 Å². The van der Waals surface area contributed by atoms with Gasteiger partial charge in [0, 0.05) is 18.3 Å². The van der Waals surface area contributed by atoms with Crippen LogP contribution in [0.25, 0.3) is 0 Å². The van der Waals surface area contributed by atoms with E-state index in [-0.39, 0.29) is 6.10 Å². The molecule has 1 aromatic rings. The number of thioether (sulfide) groups is 1. The molecule has 1 atom stereocenters. The molecule has 0 aliphatic carbocycles. The van der Waals surface area contributed by atoms with E-state index >= 15 is 0 Å². The molecule has 0 saturated carbocycles. The highest BCUT2D eigenvalue weighted by Crippen LogP contribution is 2.25. The quantitative estimate of drug-likeness (QED) is 0.851. The fourth-order valence-corrected chi connectivity index (χ4v) is 3.38. The molecular formula is C15H23NOS. The summed E-state index contributed by atoms with van der Waals surface area (Å²) < 4.78 is 5.63. The van der Waals surface area contributed by atoms with Crippen molar-refractivity contribution in [2.75, 3.05) is 12.3 Å². The first-order valence-corrected chi connectivity index (χ1v) is 7.87. The lowest BCUT2D eigenvalue weighted by molar-refractivity contribution is 0.242. The Morgan fingerprint density at radius 2 is 2.11 bits per heavy atom. The summed E-state index contributed by atoms with van der Waals surface area (Å²) in [6, 6.07) is 8.40. The van der Waals surface area contributed by atoms with Gasteiger partial charge in [-0.2, -0.15) is 11.8 Å². The van der Waals surface area contributed by atoms with E-state index < -0.39 is 0 Å². The van der Waals surface area contributed by atoms with Crippen LogP contribution in [0.4, 0.5) is 0 Å². The van der Waals surface area contributed by atoms with E-state index in [1.165, 1.54) is 24.2 Å². The summed E-state index contributed by atoms with van der Waals surface area (Å²) in [7, 11) is 0. The van der Waals surface area contributed by atoms with Crippen LogP contribution in [0, 0.1) is 0 Å². The van der Waals surface area contributed by atoms with Gasteiger partial charge in [0.15, 0.2) is 0 Å². The lowest BCUT2D eigenvalue weighted by Crippen LogP contribution is -2.22. The van der Waals surface area contributed by atoms with E-state index in [1.54, 1.807) is 0 Å². The lowest BCUT2D eigenvalue weighted by atomic mass is 10.2. The molecule has 1 heterocycles. The van der Waals surface area contributed by atoms with Crippen molar-refractivity contribution >= 4 is 11.8 Å². The van der Waals surface area contributed by atoms with E-state index in [4.69, 9.17) is 4.74 Å². The van der Waals surface area contributed by atoms with E-state index in [0.717, 1.165) is 24.1 Å². The van der Waals surface area contributed by atoms with Gasteiger partial charge in [-0.15, -0.1) is 0 Å². The number of hydrogen-bond donors (Lipinski definition) is 1. The maximum absolute atomic E-state index is 5.63. The zero-order chi connectivity index (χ0) is 12.8. The van der Waals surface area contributed by atoms with Crippen LogP contribution in [-0.2, 0) is 6.54 Å². The molecule has 1 fully saturated rings. The third kappa shape index (κ3) is 4.54. The summed E-state index contributed by atoms with van der Waals surface area (Å²) in [6.45, 7) is 6.19. The molecule has 1 saturated heterocycles. The van der Waals surface area contributed by atoms with Gasteiger partial charge < -0.3 is 10.1 Å². The van der Waals surface area contributed by atoms with Crippen LogP contribution in [0.15, 0.2) is 24.3 Å². The Labute approximate surface area is 114 Å². The van der Waals surface area contributed by atoms with E-state index in [0.29, 0.717) is 0 Å². The number of hydrogen-bond acceptors (Lipinski definition) is 3. The van der Waals surface area contributed by atoms with Crippen LogP contribution < -0.4 is 10.1 Å². The van der Waals surface area contributed by atoms with Crippen molar-refractivity contribution in [3.05, 3.63) is 29.8 Å². The smallest absolute Gasteiger partial charge is 0.119 e. The predicted octanol–water partition coefficient (Wildman–Crippen LogP) is 3.46. The average molecular weight is 265 g/mol. The van der Waals surface area contributed by atoms with E-state index in [2.05, 4.69) is 55.2 Å². The largest absolute Gasteiger partial charge is 0.491 e. The first kappa shape index (κ1) is 13.8. The standard InChI is InChI=1S/C15H23NOS/c1-12(2)17-14-7-5-13(6-8-14)10-16-11-15-4-3-9-18-15/h5-8,12,15-16H,3-4,9-11H2,1-2H3. The first-order valence-electron chi connectivity index (χ1n) is 6.82. The normalized spacial score (nSPS) is 19.4. The summed E-state index contributed by atoms with van der Waals surface area (Å²) in [6.07, 6.45) is 3.00. The van der Waals surface area contributed by atoms with Crippen molar-refractivity contribution in [3.8, 4) is 5.75 Å². The Balaban J connectivity index is 1.72. The highest BCUT2D eigenvalue weighted by molar-refractivity contribution is 8.00. The second-order valence-corrected chi connectivity index (χ2v) is 6.48. The molecule has 0 bridgehead atoms. The summed E-state index contributed by atoms with van der Waals surface area (Å²) >= 11 is 2.10. The van der Waals surface area contributed by atoms with Crippen LogP contribution in [-0.4, -0.2) is 23.7 Å². The second-order valence-electron chi connectivity index (χ2n) is 5.08. The van der Waals surface area contributed by atoms with Gasteiger partial charge in [0.05, 0.1) is 6.10 Å². The molecule has 0 radical (unpaired) electrons. The van der Waals surface area contributed by atoms with Gasteiger partial charge in [0.1, 0.15) is 5.75 Å². The Kier molecular flexibility index (Phi) is 5.39. The van der Waals surface area contributed by atoms with Gasteiger partial charge >= 0.3 is 0 Å². The summed E-state index contributed by atoms with van der Waals surface area (Å²) in [5.41, 5.74) is 1.33. The van der Waals surface area contributed by atoms with Crippen LogP contribution >= 0.6 is 11.8 Å². The Morgan fingerprint density at radius 3 is 2.72 bits per heavy atom. The van der Waals surface area contributed by atoms with Crippen molar-refractivity contribution in [2.45, 2.75) is 44.6 Å². The number of rotatable bonds is 6. The summed E-state index contributed by atoms with van der Waals surface area (Å²) in [5.74, 6) is 2.30. The fraction of sp³-hybridized carbons (Fsp3) is 0.600. The number of nitrogens with one attached hydrogen (secondary N) is 1. The maximum atomic E-state index is 5.63. The van der Waals surface area contributed by atoms with Crippen molar-refractivity contribution in [1.29, 1.82) is 0 Å². The predicted molar refractivity (Wildman–Crippen MR) is 79.4 cm³/mol. The molecule has 1 aliphatic rings. The monoisotopic (exact) mass is 265 g/mol. The average Bonchev–Trinajstić information content (AvgIpc) is 2.84. The molecule has 18 heavy (non-hydrogen) atoms. The summed E-state index contributed by atoms with van der Waals surface area (Å²) in [4.78, 5) is 0.